The number of anilines is 4. The van der Waals surface area contributed by atoms with Gasteiger partial charge >= 0.3 is 0 Å². The van der Waals surface area contributed by atoms with Gasteiger partial charge in [-0.1, -0.05) is 38.1 Å². The number of ether oxygens (including phenoxy) is 3. The van der Waals surface area contributed by atoms with Gasteiger partial charge in [0.2, 0.25) is 5.88 Å². The lowest BCUT2D eigenvalue weighted by Gasteiger charge is -2.63. The van der Waals surface area contributed by atoms with E-state index in [2.05, 4.69) is 67.8 Å². The van der Waals surface area contributed by atoms with Crippen molar-refractivity contribution < 1.29 is 37.5 Å². The molecule has 2 aliphatic carbocycles. The average molecular weight is 975 g/mol. The zero-order valence-electron chi connectivity index (χ0n) is 39.9. The number of hydrogen-bond acceptors (Lipinski definition) is 14. The predicted octanol–water partition coefficient (Wildman–Crippen LogP) is 7.80. The minimum absolute atomic E-state index is 0.109. The van der Waals surface area contributed by atoms with E-state index in [0.29, 0.717) is 80.5 Å². The van der Waals surface area contributed by atoms with Gasteiger partial charge in [-0.3, -0.25) is 19.8 Å². The second kappa shape index (κ2) is 18.1. The number of sulfonamides is 1. The zero-order valence-corrected chi connectivity index (χ0v) is 40.8. The van der Waals surface area contributed by atoms with Crippen LogP contribution in [0.25, 0.3) is 11.0 Å². The topological polar surface area (TPSA) is 205 Å². The Hall–Kier alpha value is -5.79. The van der Waals surface area contributed by atoms with Crippen LogP contribution >= 0.6 is 0 Å². The average Bonchev–Trinajstić information content (AvgIpc) is 3.78. The summed E-state index contributed by atoms with van der Waals surface area (Å²) in [5.41, 5.74) is 4.71. The summed E-state index contributed by atoms with van der Waals surface area (Å²) < 4.78 is 49.0. The molecule has 1 amide bonds. The summed E-state index contributed by atoms with van der Waals surface area (Å²) >= 11 is 0. The van der Waals surface area contributed by atoms with Crippen LogP contribution < -0.4 is 24.6 Å². The van der Waals surface area contributed by atoms with Crippen molar-refractivity contribution in [1.82, 2.24) is 19.6 Å². The van der Waals surface area contributed by atoms with Gasteiger partial charge in [0.1, 0.15) is 23.1 Å². The molecule has 17 nitrogen and oxygen atoms in total. The van der Waals surface area contributed by atoms with E-state index >= 15 is 0 Å². The van der Waals surface area contributed by atoms with Crippen LogP contribution in [0.4, 0.5) is 28.4 Å². The monoisotopic (exact) mass is 974 g/mol. The van der Waals surface area contributed by atoms with Gasteiger partial charge in [0.15, 0.2) is 0 Å². The van der Waals surface area contributed by atoms with Crippen LogP contribution in [0, 0.1) is 21.4 Å². The summed E-state index contributed by atoms with van der Waals surface area (Å²) in [5.74, 6) is 0.0926. The van der Waals surface area contributed by atoms with Crippen molar-refractivity contribution in [3.05, 3.63) is 106 Å². The lowest BCUT2D eigenvalue weighted by Crippen LogP contribution is -2.67. The standard InChI is InChI=1S/C52H62N8O9S/c1-32(2)38-6-4-5-7-39(38)46-28-68-21-19-58(46)36-25-52(26-36)30-57(31-52)35-8-10-40(43(23-35)59-42-15-20-67-29-47(42)69-50-45(59)22-34-14-18-53-48(34)55-50)49(61)56-70(65,66)37-9-11-41(44(24-37)60(63)64)54-27-33-12-16-51(3,62)17-13-33/h4-11,14,18,22-24,32-33,36,42,46-47,54,62H,12-13,15-17,19-21,25-31H2,1-3H3,(H,53,55)(H,56,61)/t33?,42-,46-,47-,51?/m0/s1. The first-order valence-corrected chi connectivity index (χ1v) is 26.3. The number of fused-ring (bicyclic) bond motifs is 3. The highest BCUT2D eigenvalue weighted by atomic mass is 32.2. The van der Waals surface area contributed by atoms with E-state index in [4.69, 9.17) is 19.2 Å². The van der Waals surface area contributed by atoms with Crippen molar-refractivity contribution in [2.24, 2.45) is 11.3 Å². The third-order valence-electron chi connectivity index (χ3n) is 15.9. The molecule has 5 fully saturated rings. The van der Waals surface area contributed by atoms with Crippen molar-refractivity contribution in [2.75, 3.05) is 67.7 Å². The molecule has 0 unspecified atom stereocenters. The third kappa shape index (κ3) is 8.75. The Morgan fingerprint density at radius 3 is 2.56 bits per heavy atom. The molecule has 2 aromatic heterocycles. The minimum Gasteiger partial charge on any atom is -0.468 e. The highest BCUT2D eigenvalue weighted by Crippen LogP contribution is 2.54. The number of nitro groups is 1. The summed E-state index contributed by atoms with van der Waals surface area (Å²) in [4.78, 5) is 41.0. The number of H-pyrrole nitrogens is 1. The molecule has 2 saturated carbocycles. The quantitative estimate of drug-likeness (QED) is 0.0696. The number of hydrogen-bond donors (Lipinski definition) is 4. The minimum atomic E-state index is -4.62. The molecular formula is C52H62N8O9S. The van der Waals surface area contributed by atoms with E-state index in [0.717, 1.165) is 69.1 Å². The Kier molecular flexibility index (Phi) is 12.1. The fourth-order valence-electron chi connectivity index (χ4n) is 12.1. The molecule has 70 heavy (non-hydrogen) atoms. The normalized spacial score (nSPS) is 25.7. The van der Waals surface area contributed by atoms with E-state index in [1.165, 1.54) is 23.3 Å². The Morgan fingerprint density at radius 1 is 0.986 bits per heavy atom. The molecular weight excluding hydrogens is 913 g/mol. The molecule has 11 rings (SSSR count). The SMILES string of the molecule is CC(C)c1ccccc1[C@@H]1COCCN1C1CC2(C1)CN(c1ccc(C(=O)NS(=O)(=O)c3ccc(NCC4CCC(C)(O)CC4)c([N+](=O)[O-])c3)c(N3c4cc5cc[nH]c5nc4O[C@H]4COCC[C@@H]43)c1)C2. The molecule has 4 N–H and O–H groups in total. The molecule has 6 aliphatic rings. The van der Waals surface area contributed by atoms with Crippen LogP contribution in [0.3, 0.4) is 0 Å². The number of nitrogens with zero attached hydrogens (tertiary/aromatic N) is 5. The summed E-state index contributed by atoms with van der Waals surface area (Å²) in [6, 6.07) is 22.2. The van der Waals surface area contributed by atoms with Crippen LogP contribution in [0.15, 0.2) is 83.9 Å². The summed E-state index contributed by atoms with van der Waals surface area (Å²) in [6.45, 7) is 11.5. The van der Waals surface area contributed by atoms with E-state index in [1.54, 1.807) is 12.3 Å². The van der Waals surface area contributed by atoms with Crippen LogP contribution in [-0.4, -0.2) is 116 Å². The van der Waals surface area contributed by atoms with Gasteiger partial charge in [-0.2, -0.15) is 4.98 Å². The highest BCUT2D eigenvalue weighted by molar-refractivity contribution is 7.90. The molecule has 3 saturated heterocycles. The fraction of sp³-hybridized carbons (Fsp3) is 0.500. The number of pyridine rings is 1. The molecule has 18 heteroatoms. The van der Waals surface area contributed by atoms with Crippen LogP contribution in [0.1, 0.15) is 99.2 Å². The smallest absolute Gasteiger partial charge is 0.293 e. The summed E-state index contributed by atoms with van der Waals surface area (Å²) in [5, 5.41) is 26.7. The first kappa shape index (κ1) is 46.6. The molecule has 5 aromatic rings. The van der Waals surface area contributed by atoms with Gasteiger partial charge in [0.05, 0.1) is 58.6 Å². The second-order valence-electron chi connectivity index (χ2n) is 21.1. The van der Waals surface area contributed by atoms with Gasteiger partial charge < -0.3 is 39.4 Å². The lowest BCUT2D eigenvalue weighted by atomic mass is 9.59. The van der Waals surface area contributed by atoms with Crippen LogP contribution in [-0.2, 0) is 19.5 Å². The zero-order chi connectivity index (χ0) is 48.5. The van der Waals surface area contributed by atoms with E-state index < -0.39 is 43.1 Å². The van der Waals surface area contributed by atoms with Gasteiger partial charge in [-0.25, -0.2) is 13.1 Å². The first-order valence-electron chi connectivity index (χ1n) is 24.8. The number of amides is 1. The Morgan fingerprint density at radius 2 is 1.77 bits per heavy atom. The Labute approximate surface area is 408 Å². The highest BCUT2D eigenvalue weighted by Gasteiger charge is 2.55. The second-order valence-corrected chi connectivity index (χ2v) is 22.8. The molecule has 1 spiro atoms. The van der Waals surface area contributed by atoms with Gasteiger partial charge in [-0.15, -0.1) is 0 Å². The largest absolute Gasteiger partial charge is 0.468 e. The Balaban J connectivity index is 0.874. The van der Waals surface area contributed by atoms with E-state index in [-0.39, 0.29) is 34.7 Å². The fourth-order valence-corrected chi connectivity index (χ4v) is 13.1. The lowest BCUT2D eigenvalue weighted by molar-refractivity contribution is -0.384. The third-order valence-corrected chi connectivity index (χ3v) is 17.3. The van der Waals surface area contributed by atoms with Crippen molar-refractivity contribution in [1.29, 1.82) is 0 Å². The van der Waals surface area contributed by atoms with Crippen molar-refractivity contribution in [3.63, 3.8) is 0 Å². The number of carbonyl (C=O) groups excluding carboxylic acids is 1. The number of rotatable bonds is 12. The summed E-state index contributed by atoms with van der Waals surface area (Å²) in [6.07, 6.45) is 6.89. The summed E-state index contributed by atoms with van der Waals surface area (Å²) in [7, 11) is -4.62. The van der Waals surface area contributed by atoms with Gasteiger partial charge in [0, 0.05) is 67.6 Å². The number of benzene rings is 3. The molecule has 0 bridgehead atoms. The number of carbonyl (C=O) groups is 1. The van der Waals surface area contributed by atoms with Crippen molar-refractivity contribution in [2.45, 2.75) is 106 Å². The number of aromatic nitrogens is 2. The molecule has 0 radical (unpaired) electrons. The van der Waals surface area contributed by atoms with Gasteiger partial charge in [0.25, 0.3) is 21.6 Å². The number of aliphatic hydroxyl groups is 1. The molecule has 3 atom stereocenters. The van der Waals surface area contributed by atoms with Crippen molar-refractivity contribution in [3.8, 4) is 5.88 Å². The van der Waals surface area contributed by atoms with E-state index in [9.17, 15) is 28.4 Å². The maximum absolute atomic E-state index is 14.7. The van der Waals surface area contributed by atoms with Crippen LogP contribution in [0.5, 0.6) is 5.88 Å². The Bertz CT molecular complexity index is 2920. The van der Waals surface area contributed by atoms with Crippen LogP contribution in [0.2, 0.25) is 0 Å². The first-order chi connectivity index (χ1) is 33.6. The molecule has 370 valence electrons. The maximum Gasteiger partial charge on any atom is 0.293 e. The van der Waals surface area contributed by atoms with Crippen molar-refractivity contribution >= 4 is 55.4 Å². The molecule has 4 aliphatic heterocycles. The molecule has 6 heterocycles. The number of nitrogens with one attached hydrogen (secondary N) is 3. The predicted molar refractivity (Wildman–Crippen MR) is 266 cm³/mol. The number of morpholine rings is 1. The number of nitro benzene ring substituents is 1. The maximum atomic E-state index is 14.7. The van der Waals surface area contributed by atoms with E-state index in [1.807, 2.05) is 31.2 Å². The number of aromatic amines is 1. The molecule has 3 aromatic carbocycles. The van der Waals surface area contributed by atoms with Gasteiger partial charge in [-0.05, 0) is 117 Å².